The van der Waals surface area contributed by atoms with Gasteiger partial charge >= 0.3 is 199 Å². The van der Waals surface area contributed by atoms with E-state index in [9.17, 15) is 14.0 Å². The number of carbonyl (C=O) groups excluding carboxylic acids is 2. The van der Waals surface area contributed by atoms with Crippen molar-refractivity contribution >= 4 is 30.5 Å². The first-order chi connectivity index (χ1) is 15.6. The number of benzene rings is 2. The number of carbonyl (C=O) groups is 2. The van der Waals surface area contributed by atoms with Gasteiger partial charge in [-0.3, -0.25) is 0 Å². The van der Waals surface area contributed by atoms with Crippen LogP contribution in [0.1, 0.15) is 55.9 Å². The van der Waals surface area contributed by atoms with Crippen molar-refractivity contribution in [1.29, 1.82) is 0 Å². The van der Waals surface area contributed by atoms with E-state index in [1.807, 2.05) is 45.9 Å². The third kappa shape index (κ3) is 6.41. The number of hydrogen-bond donors (Lipinski definition) is 2. The zero-order valence-electron chi connectivity index (χ0n) is 21.2. The van der Waals surface area contributed by atoms with Crippen LogP contribution in [-0.2, 0) is 9.59 Å². The van der Waals surface area contributed by atoms with E-state index in [1.165, 1.54) is 12.1 Å². The Morgan fingerprint density at radius 3 is 1.88 bits per heavy atom. The number of aryl methyl sites for hydroxylation is 4. The van der Waals surface area contributed by atoms with Crippen LogP contribution in [0.2, 0.25) is 0 Å². The molecule has 0 heterocycles. The number of hydrogen-bond acceptors (Lipinski definition) is 2. The van der Waals surface area contributed by atoms with Crippen LogP contribution in [0.15, 0.2) is 30.3 Å². The van der Waals surface area contributed by atoms with Gasteiger partial charge in [-0.1, -0.05) is 0 Å². The van der Waals surface area contributed by atoms with E-state index in [2.05, 4.69) is 31.4 Å². The van der Waals surface area contributed by atoms with E-state index in [1.54, 1.807) is 0 Å². The molecular formula is C27H40FN2O2P. The van der Waals surface area contributed by atoms with Crippen LogP contribution in [0.5, 0.6) is 0 Å². The van der Waals surface area contributed by atoms with Gasteiger partial charge in [0.25, 0.3) is 0 Å². The van der Waals surface area contributed by atoms with Crippen molar-refractivity contribution in [2.24, 2.45) is 0 Å². The molecule has 0 aliphatic carbocycles. The number of halogens is 1. The van der Waals surface area contributed by atoms with Crippen molar-refractivity contribution in [3.8, 4) is 0 Å². The maximum atomic E-state index is 13.8. The fraction of sp³-hybridized carbons (Fsp3) is 0.481. The molecule has 2 aromatic carbocycles. The van der Waals surface area contributed by atoms with E-state index in [0.29, 0.717) is 23.0 Å². The molecule has 0 spiro atoms. The zero-order valence-corrected chi connectivity index (χ0v) is 22.2. The van der Waals surface area contributed by atoms with Gasteiger partial charge in [0.15, 0.2) is 0 Å². The number of rotatable bonds is 10. The number of nitrogens with one attached hydrogen (secondary N) is 2. The fourth-order valence-electron chi connectivity index (χ4n) is 4.95. The van der Waals surface area contributed by atoms with Gasteiger partial charge < -0.3 is 0 Å². The second-order valence-electron chi connectivity index (χ2n) is 9.31. The third-order valence-electron chi connectivity index (χ3n) is 7.05. The molecule has 0 aromatic heterocycles. The van der Waals surface area contributed by atoms with Crippen LogP contribution in [0.25, 0.3) is 0 Å². The third-order valence-corrected chi connectivity index (χ3v) is 12.9. The van der Waals surface area contributed by atoms with Crippen molar-refractivity contribution in [2.45, 2.75) is 67.0 Å². The van der Waals surface area contributed by atoms with Gasteiger partial charge in [-0.05, 0) is 0 Å². The Morgan fingerprint density at radius 1 is 0.879 bits per heavy atom. The molecule has 0 fully saturated rings. The molecule has 0 radical (unpaired) electrons. The van der Waals surface area contributed by atoms with Crippen molar-refractivity contribution in [3.63, 3.8) is 0 Å². The molecule has 0 saturated carbocycles. The van der Waals surface area contributed by atoms with E-state index >= 15 is 0 Å². The first kappa shape index (κ1) is 27.0. The van der Waals surface area contributed by atoms with Gasteiger partial charge in [0.1, 0.15) is 0 Å². The van der Waals surface area contributed by atoms with E-state index in [0.717, 1.165) is 42.0 Å². The van der Waals surface area contributed by atoms with Gasteiger partial charge in [-0.2, -0.15) is 0 Å². The summed E-state index contributed by atoms with van der Waals surface area (Å²) in [6.45, 7) is 13.9. The minimum atomic E-state index is -2.31. The summed E-state index contributed by atoms with van der Waals surface area (Å²) in [5.41, 5.74) is 4.85. The average Bonchev–Trinajstić information content (AvgIpc) is 2.75. The second kappa shape index (κ2) is 11.7. The monoisotopic (exact) mass is 474 g/mol. The van der Waals surface area contributed by atoms with Crippen LogP contribution in [0.3, 0.4) is 0 Å². The normalized spacial score (nSPS) is 12.8. The molecule has 2 rings (SSSR count). The Labute approximate surface area is 199 Å². The summed E-state index contributed by atoms with van der Waals surface area (Å²) in [6.07, 6.45) is 3.72. The Balaban J connectivity index is 2.33. The molecular weight excluding hydrogens is 434 g/mol. The Hall–Kier alpha value is -2.26. The van der Waals surface area contributed by atoms with Crippen LogP contribution >= 0.6 is 7.26 Å². The van der Waals surface area contributed by atoms with Crippen molar-refractivity contribution in [2.75, 3.05) is 29.1 Å². The Bertz CT molecular complexity index is 958. The van der Waals surface area contributed by atoms with Crippen molar-refractivity contribution in [1.82, 2.24) is 0 Å². The summed E-state index contributed by atoms with van der Waals surface area (Å²) in [5, 5.41) is 6.24. The summed E-state index contributed by atoms with van der Waals surface area (Å²) in [6, 6.07) is 8.86. The molecule has 0 aliphatic rings. The van der Waals surface area contributed by atoms with E-state index < -0.39 is 7.26 Å². The predicted octanol–water partition coefficient (Wildman–Crippen LogP) is 6.59. The van der Waals surface area contributed by atoms with Crippen LogP contribution < -0.4 is 10.6 Å². The van der Waals surface area contributed by atoms with Gasteiger partial charge in [-0.25, -0.2) is 0 Å². The summed E-state index contributed by atoms with van der Waals surface area (Å²) < 4.78 is 13.8. The Morgan fingerprint density at radius 2 is 1.39 bits per heavy atom. The maximum absolute atomic E-state index is 13.8. The second-order valence-corrected chi connectivity index (χ2v) is 14.5. The standard InChI is InChI=1S/C27H40FN2O2P/c1-8-12-23(27(32)30-26-20(6)15-22(28)16-21(26)7)33(9-2,10-3)17-24(31)29-25-18(4)13-11-14-19(25)5/h11,13-16,23,33H,8-10,12,17H2,1-7H3,(H,29,31)(H,30,32). The summed E-state index contributed by atoms with van der Waals surface area (Å²) in [5.74, 6) is -0.349. The van der Waals surface area contributed by atoms with E-state index in [4.69, 9.17) is 0 Å². The van der Waals surface area contributed by atoms with Crippen LogP contribution in [0.4, 0.5) is 15.8 Å². The average molecular weight is 475 g/mol. The molecule has 1 atom stereocenters. The molecule has 0 aliphatic heterocycles. The molecule has 2 amide bonds. The molecule has 0 bridgehead atoms. The topological polar surface area (TPSA) is 58.2 Å². The first-order valence-corrected chi connectivity index (χ1v) is 14.7. The SMILES string of the molecule is CCCC(C(=O)Nc1c(C)cc(F)cc1C)[PH](CC)(CC)CC(=O)Nc1c(C)cccc1C. The zero-order chi connectivity index (χ0) is 24.8. The predicted molar refractivity (Wildman–Crippen MR) is 142 cm³/mol. The molecule has 2 aromatic rings. The number of para-hydroxylation sites is 1. The van der Waals surface area contributed by atoms with Crippen LogP contribution in [0, 0.1) is 33.5 Å². The summed E-state index contributed by atoms with van der Waals surface area (Å²) in [4.78, 5) is 26.8. The fourth-order valence-corrected chi connectivity index (χ4v) is 9.44. The molecule has 33 heavy (non-hydrogen) atoms. The summed E-state index contributed by atoms with van der Waals surface area (Å²) >= 11 is 0. The van der Waals surface area contributed by atoms with Crippen molar-refractivity contribution in [3.05, 3.63) is 58.4 Å². The molecule has 6 heteroatoms. The molecule has 1 unspecified atom stereocenters. The first-order valence-electron chi connectivity index (χ1n) is 12.0. The van der Waals surface area contributed by atoms with Gasteiger partial charge in [0.05, 0.1) is 0 Å². The molecule has 2 N–H and O–H groups in total. The minimum absolute atomic E-state index is 0.00851. The quantitative estimate of drug-likeness (QED) is 0.382. The summed E-state index contributed by atoms with van der Waals surface area (Å²) in [7, 11) is -2.31. The molecule has 182 valence electrons. The van der Waals surface area contributed by atoms with Crippen molar-refractivity contribution < 1.29 is 14.0 Å². The Kier molecular flexibility index (Phi) is 9.60. The van der Waals surface area contributed by atoms with Gasteiger partial charge in [0.2, 0.25) is 0 Å². The van der Waals surface area contributed by atoms with Gasteiger partial charge in [-0.15, -0.1) is 0 Å². The molecule has 0 saturated heterocycles. The number of anilines is 2. The molecule has 4 nitrogen and oxygen atoms in total. The van der Waals surface area contributed by atoms with E-state index in [-0.39, 0.29) is 23.3 Å². The number of amides is 2. The van der Waals surface area contributed by atoms with Gasteiger partial charge in [0, 0.05) is 0 Å². The van der Waals surface area contributed by atoms with Crippen LogP contribution in [-0.4, -0.2) is 36.0 Å².